The van der Waals surface area contributed by atoms with E-state index in [-0.39, 0.29) is 5.28 Å². The van der Waals surface area contributed by atoms with Gasteiger partial charge in [-0.1, -0.05) is 19.1 Å². The molecular formula is C13H15ClN4OS. The molecule has 1 aromatic heterocycles. The summed E-state index contributed by atoms with van der Waals surface area (Å²) < 4.78 is 5.30. The maximum absolute atomic E-state index is 5.92. The molecule has 2 rings (SSSR count). The summed E-state index contributed by atoms with van der Waals surface area (Å²) in [5.74, 6) is 1.27. The van der Waals surface area contributed by atoms with Crippen LogP contribution in [0.3, 0.4) is 0 Å². The Hall–Kier alpha value is -1.53. The van der Waals surface area contributed by atoms with Crippen molar-refractivity contribution in [3.8, 4) is 5.75 Å². The van der Waals surface area contributed by atoms with Crippen molar-refractivity contribution >= 4 is 29.3 Å². The molecule has 0 spiro atoms. The number of hydrogen-bond donors (Lipinski definition) is 1. The van der Waals surface area contributed by atoms with Crippen molar-refractivity contribution in [3.63, 3.8) is 0 Å². The molecular weight excluding hydrogens is 296 g/mol. The first-order chi connectivity index (χ1) is 9.72. The van der Waals surface area contributed by atoms with Gasteiger partial charge in [0.2, 0.25) is 11.2 Å². The smallest absolute Gasteiger partial charge is 0.228 e. The fraction of sp³-hybridized carbons (Fsp3) is 0.308. The lowest BCUT2D eigenvalue weighted by Gasteiger charge is -2.08. The van der Waals surface area contributed by atoms with E-state index in [1.165, 1.54) is 11.8 Å². The standard InChI is InChI=1S/C13H15ClN4OS/c1-3-8-15-12-16-11(14)17-13(18-12)20-10-7-5-4-6-9(10)19-2/h4-7H,3,8H2,1-2H3,(H,15,16,17,18). The second-order valence-electron chi connectivity index (χ2n) is 3.89. The minimum atomic E-state index is 0.177. The van der Waals surface area contributed by atoms with E-state index in [9.17, 15) is 0 Å². The van der Waals surface area contributed by atoms with E-state index in [4.69, 9.17) is 16.3 Å². The van der Waals surface area contributed by atoms with Gasteiger partial charge in [0.05, 0.1) is 12.0 Å². The molecule has 0 atom stereocenters. The lowest BCUT2D eigenvalue weighted by molar-refractivity contribution is 0.405. The number of methoxy groups -OCH3 is 1. The van der Waals surface area contributed by atoms with Gasteiger partial charge in [-0.15, -0.1) is 0 Å². The zero-order chi connectivity index (χ0) is 14.4. The molecule has 5 nitrogen and oxygen atoms in total. The van der Waals surface area contributed by atoms with Crippen LogP contribution >= 0.6 is 23.4 Å². The molecule has 0 bridgehead atoms. The molecule has 0 radical (unpaired) electrons. The van der Waals surface area contributed by atoms with Crippen LogP contribution in [-0.2, 0) is 0 Å². The normalized spacial score (nSPS) is 10.3. The van der Waals surface area contributed by atoms with Crippen molar-refractivity contribution in [3.05, 3.63) is 29.5 Å². The summed E-state index contributed by atoms with van der Waals surface area (Å²) >= 11 is 7.31. The largest absolute Gasteiger partial charge is 0.496 e. The Morgan fingerprint density at radius 3 is 2.80 bits per heavy atom. The van der Waals surface area contributed by atoms with Crippen LogP contribution in [0.25, 0.3) is 0 Å². The molecule has 106 valence electrons. The van der Waals surface area contributed by atoms with Gasteiger partial charge in [0.1, 0.15) is 5.75 Å². The minimum Gasteiger partial charge on any atom is -0.496 e. The van der Waals surface area contributed by atoms with Crippen LogP contribution in [0.1, 0.15) is 13.3 Å². The number of ether oxygens (including phenoxy) is 1. The highest BCUT2D eigenvalue weighted by molar-refractivity contribution is 7.99. The predicted octanol–water partition coefficient (Wildman–Crippen LogP) is 3.51. The summed E-state index contributed by atoms with van der Waals surface area (Å²) in [6, 6.07) is 7.68. The van der Waals surface area contributed by atoms with E-state index in [0.717, 1.165) is 23.6 Å². The number of benzene rings is 1. The summed E-state index contributed by atoms with van der Waals surface area (Å²) in [5, 5.41) is 3.81. The summed E-state index contributed by atoms with van der Waals surface area (Å²) in [6.45, 7) is 2.86. The second-order valence-corrected chi connectivity index (χ2v) is 5.24. The molecule has 0 saturated carbocycles. The molecule has 2 aromatic rings. The number of nitrogens with zero attached hydrogens (tertiary/aromatic N) is 3. The van der Waals surface area contributed by atoms with Crippen molar-refractivity contribution < 1.29 is 4.74 Å². The summed E-state index contributed by atoms with van der Waals surface area (Å²) in [4.78, 5) is 13.4. The number of aromatic nitrogens is 3. The van der Waals surface area contributed by atoms with E-state index in [2.05, 4.69) is 27.2 Å². The number of rotatable bonds is 6. The van der Waals surface area contributed by atoms with Gasteiger partial charge in [0, 0.05) is 6.54 Å². The van der Waals surface area contributed by atoms with Crippen molar-refractivity contribution in [1.29, 1.82) is 0 Å². The first-order valence-electron chi connectivity index (χ1n) is 6.19. The number of halogens is 1. The van der Waals surface area contributed by atoms with E-state index in [1.807, 2.05) is 24.3 Å². The SMILES string of the molecule is CCCNc1nc(Cl)nc(Sc2ccccc2OC)n1. The third-order valence-electron chi connectivity index (χ3n) is 2.39. The zero-order valence-corrected chi connectivity index (χ0v) is 12.8. The maximum atomic E-state index is 5.92. The average molecular weight is 311 g/mol. The molecule has 20 heavy (non-hydrogen) atoms. The first kappa shape index (κ1) is 14.9. The number of para-hydroxylation sites is 1. The van der Waals surface area contributed by atoms with Crippen LogP contribution in [0.15, 0.2) is 34.3 Å². The van der Waals surface area contributed by atoms with Crippen molar-refractivity contribution in [2.24, 2.45) is 0 Å². The molecule has 0 saturated heterocycles. The molecule has 0 aliphatic rings. The van der Waals surface area contributed by atoms with Crippen molar-refractivity contribution in [1.82, 2.24) is 15.0 Å². The molecule has 1 aromatic carbocycles. The van der Waals surface area contributed by atoms with Crippen LogP contribution < -0.4 is 10.1 Å². The number of hydrogen-bond acceptors (Lipinski definition) is 6. The molecule has 0 aliphatic carbocycles. The molecule has 7 heteroatoms. The Labute approximate surface area is 127 Å². The Morgan fingerprint density at radius 2 is 2.05 bits per heavy atom. The van der Waals surface area contributed by atoms with Crippen molar-refractivity contribution in [2.75, 3.05) is 19.0 Å². The minimum absolute atomic E-state index is 0.177. The quantitative estimate of drug-likeness (QED) is 0.881. The molecule has 0 amide bonds. The third-order valence-corrected chi connectivity index (χ3v) is 3.48. The van der Waals surface area contributed by atoms with Gasteiger partial charge in [0.25, 0.3) is 0 Å². The van der Waals surface area contributed by atoms with Gasteiger partial charge in [-0.25, -0.2) is 0 Å². The van der Waals surface area contributed by atoms with Crippen molar-refractivity contribution in [2.45, 2.75) is 23.4 Å². The third kappa shape index (κ3) is 3.98. The lowest BCUT2D eigenvalue weighted by atomic mass is 10.3. The molecule has 0 aliphatic heterocycles. The highest BCUT2D eigenvalue weighted by Gasteiger charge is 2.09. The van der Waals surface area contributed by atoms with Crippen LogP contribution in [-0.4, -0.2) is 28.6 Å². The Bertz CT molecular complexity index is 582. The first-order valence-corrected chi connectivity index (χ1v) is 7.38. The topological polar surface area (TPSA) is 59.9 Å². The van der Waals surface area contributed by atoms with Crippen LogP contribution in [0.2, 0.25) is 5.28 Å². The Kier molecular flexibility index (Phi) is 5.43. The number of nitrogens with one attached hydrogen (secondary N) is 1. The van der Waals surface area contributed by atoms with E-state index < -0.39 is 0 Å². The molecule has 0 unspecified atom stereocenters. The highest BCUT2D eigenvalue weighted by atomic mass is 35.5. The van der Waals surface area contributed by atoms with Gasteiger partial charge in [-0.3, -0.25) is 0 Å². The van der Waals surface area contributed by atoms with Crippen LogP contribution in [0.5, 0.6) is 5.75 Å². The Morgan fingerprint density at radius 1 is 1.25 bits per heavy atom. The molecule has 1 heterocycles. The lowest BCUT2D eigenvalue weighted by Crippen LogP contribution is -2.06. The predicted molar refractivity (Wildman–Crippen MR) is 80.7 cm³/mol. The highest BCUT2D eigenvalue weighted by Crippen LogP contribution is 2.33. The van der Waals surface area contributed by atoms with Gasteiger partial charge in [0.15, 0.2) is 5.16 Å². The number of anilines is 1. The van der Waals surface area contributed by atoms with Gasteiger partial charge in [-0.2, -0.15) is 15.0 Å². The van der Waals surface area contributed by atoms with Gasteiger partial charge in [-0.05, 0) is 41.9 Å². The molecule has 1 N–H and O–H groups in total. The second kappa shape index (κ2) is 7.31. The van der Waals surface area contributed by atoms with Gasteiger partial charge >= 0.3 is 0 Å². The van der Waals surface area contributed by atoms with E-state index in [1.54, 1.807) is 7.11 Å². The van der Waals surface area contributed by atoms with E-state index >= 15 is 0 Å². The fourth-order valence-corrected chi connectivity index (χ4v) is 2.56. The average Bonchev–Trinajstić information content (AvgIpc) is 2.45. The summed E-state index contributed by atoms with van der Waals surface area (Å²) in [7, 11) is 1.63. The summed E-state index contributed by atoms with van der Waals surface area (Å²) in [5.41, 5.74) is 0. The van der Waals surface area contributed by atoms with Gasteiger partial charge < -0.3 is 10.1 Å². The van der Waals surface area contributed by atoms with Crippen LogP contribution in [0.4, 0.5) is 5.95 Å². The fourth-order valence-electron chi connectivity index (χ4n) is 1.49. The monoisotopic (exact) mass is 310 g/mol. The van der Waals surface area contributed by atoms with Crippen LogP contribution in [0, 0.1) is 0 Å². The Balaban J connectivity index is 2.22. The van der Waals surface area contributed by atoms with E-state index in [0.29, 0.717) is 11.1 Å². The summed E-state index contributed by atoms with van der Waals surface area (Å²) in [6.07, 6.45) is 0.984. The molecule has 0 fully saturated rings. The zero-order valence-electron chi connectivity index (χ0n) is 11.3. The maximum Gasteiger partial charge on any atom is 0.228 e.